The third-order valence-electron chi connectivity index (χ3n) is 5.80. The Bertz CT molecular complexity index is 1090. The molecular formula is C25H27N3O2. The number of hydrogen-bond acceptors (Lipinski definition) is 3. The Balaban J connectivity index is 1.69. The minimum absolute atomic E-state index is 0.255. The van der Waals surface area contributed by atoms with Crippen LogP contribution >= 0.6 is 0 Å². The predicted molar refractivity (Wildman–Crippen MR) is 120 cm³/mol. The first-order chi connectivity index (χ1) is 14.5. The van der Waals surface area contributed by atoms with Gasteiger partial charge in [0.05, 0.1) is 17.4 Å². The topological polar surface area (TPSA) is 80.6 Å². The zero-order valence-electron chi connectivity index (χ0n) is 17.2. The lowest BCUT2D eigenvalue weighted by molar-refractivity contribution is 0.100. The van der Waals surface area contributed by atoms with Crippen LogP contribution in [0, 0.1) is 6.92 Å². The van der Waals surface area contributed by atoms with Crippen LogP contribution in [0.5, 0.6) is 0 Å². The SMILES string of the molecule is Cc1ccccc1Cc1cccn1-c1ccc(C(N)=O)c(N=C2CCC(O)CC2)c1. The van der Waals surface area contributed by atoms with E-state index < -0.39 is 5.91 Å². The second-order valence-electron chi connectivity index (χ2n) is 7.95. The molecule has 0 bridgehead atoms. The third kappa shape index (κ3) is 4.36. The van der Waals surface area contributed by atoms with Gasteiger partial charge in [-0.05, 0) is 74.1 Å². The van der Waals surface area contributed by atoms with E-state index in [9.17, 15) is 9.90 Å². The fourth-order valence-corrected chi connectivity index (χ4v) is 4.00. The van der Waals surface area contributed by atoms with E-state index in [0.29, 0.717) is 24.1 Å². The van der Waals surface area contributed by atoms with Crippen LogP contribution in [0.25, 0.3) is 5.69 Å². The van der Waals surface area contributed by atoms with Gasteiger partial charge in [-0.15, -0.1) is 0 Å². The molecule has 0 saturated heterocycles. The van der Waals surface area contributed by atoms with Crippen molar-refractivity contribution in [2.45, 2.75) is 45.1 Å². The van der Waals surface area contributed by atoms with E-state index in [1.165, 1.54) is 11.1 Å². The van der Waals surface area contributed by atoms with Gasteiger partial charge < -0.3 is 15.4 Å². The van der Waals surface area contributed by atoms with E-state index in [4.69, 9.17) is 10.7 Å². The van der Waals surface area contributed by atoms with Gasteiger partial charge >= 0.3 is 0 Å². The van der Waals surface area contributed by atoms with Crippen LogP contribution in [-0.4, -0.2) is 27.4 Å². The van der Waals surface area contributed by atoms with Crippen LogP contribution in [0.15, 0.2) is 65.8 Å². The summed E-state index contributed by atoms with van der Waals surface area (Å²) >= 11 is 0. The average Bonchev–Trinajstić information content (AvgIpc) is 3.19. The molecule has 4 rings (SSSR count). The average molecular weight is 402 g/mol. The Morgan fingerprint density at radius 2 is 1.90 bits per heavy atom. The molecule has 0 atom stereocenters. The number of nitrogens with zero attached hydrogens (tertiary/aromatic N) is 2. The highest BCUT2D eigenvalue weighted by Crippen LogP contribution is 2.28. The van der Waals surface area contributed by atoms with Crippen LogP contribution in [0.2, 0.25) is 0 Å². The van der Waals surface area contributed by atoms with Gasteiger partial charge in [-0.3, -0.25) is 9.79 Å². The number of amides is 1. The van der Waals surface area contributed by atoms with Crippen molar-refractivity contribution < 1.29 is 9.90 Å². The third-order valence-corrected chi connectivity index (χ3v) is 5.80. The maximum atomic E-state index is 12.0. The Labute approximate surface area is 176 Å². The number of carbonyl (C=O) groups is 1. The number of nitrogens with two attached hydrogens (primary N) is 1. The van der Waals surface area contributed by atoms with Crippen molar-refractivity contribution in [1.29, 1.82) is 0 Å². The number of aryl methyl sites for hydroxylation is 1. The minimum atomic E-state index is -0.482. The van der Waals surface area contributed by atoms with Crippen LogP contribution in [0.1, 0.15) is 52.9 Å². The van der Waals surface area contributed by atoms with Crippen molar-refractivity contribution in [3.8, 4) is 5.69 Å². The van der Waals surface area contributed by atoms with Crippen LogP contribution in [0.3, 0.4) is 0 Å². The molecule has 1 amide bonds. The van der Waals surface area contributed by atoms with E-state index in [0.717, 1.165) is 36.4 Å². The molecule has 1 fully saturated rings. The summed E-state index contributed by atoms with van der Waals surface area (Å²) in [5.41, 5.74) is 12.3. The zero-order valence-corrected chi connectivity index (χ0v) is 17.2. The molecule has 3 aromatic rings. The second kappa shape index (κ2) is 8.67. The lowest BCUT2D eigenvalue weighted by Gasteiger charge is -2.19. The summed E-state index contributed by atoms with van der Waals surface area (Å²) < 4.78 is 2.13. The van der Waals surface area contributed by atoms with Crippen molar-refractivity contribution in [3.05, 3.63) is 83.2 Å². The highest BCUT2D eigenvalue weighted by molar-refractivity contribution is 6.00. The molecule has 1 aliphatic rings. The quantitative estimate of drug-likeness (QED) is 0.661. The van der Waals surface area contributed by atoms with E-state index in [1.54, 1.807) is 6.07 Å². The van der Waals surface area contributed by atoms with Gasteiger partial charge in [0.2, 0.25) is 0 Å². The first-order valence-corrected chi connectivity index (χ1v) is 10.4. The van der Waals surface area contributed by atoms with Gasteiger partial charge in [-0.25, -0.2) is 0 Å². The Hall–Kier alpha value is -3.18. The van der Waals surface area contributed by atoms with E-state index in [1.807, 2.05) is 24.4 Å². The number of hydrogen-bond donors (Lipinski definition) is 2. The maximum Gasteiger partial charge on any atom is 0.250 e. The summed E-state index contributed by atoms with van der Waals surface area (Å²) in [4.78, 5) is 16.7. The van der Waals surface area contributed by atoms with Crippen molar-refractivity contribution >= 4 is 17.3 Å². The molecule has 1 aromatic heterocycles. The number of primary amides is 1. The van der Waals surface area contributed by atoms with Crippen LogP contribution < -0.4 is 5.73 Å². The van der Waals surface area contributed by atoms with Crippen molar-refractivity contribution in [2.75, 3.05) is 0 Å². The van der Waals surface area contributed by atoms with Crippen molar-refractivity contribution in [1.82, 2.24) is 4.57 Å². The maximum absolute atomic E-state index is 12.0. The number of carbonyl (C=O) groups excluding carboxylic acids is 1. The summed E-state index contributed by atoms with van der Waals surface area (Å²) in [5, 5.41) is 9.74. The lowest BCUT2D eigenvalue weighted by Crippen LogP contribution is -2.18. The highest BCUT2D eigenvalue weighted by Gasteiger charge is 2.17. The fraction of sp³-hybridized carbons (Fsp3) is 0.280. The first-order valence-electron chi connectivity index (χ1n) is 10.4. The molecule has 30 heavy (non-hydrogen) atoms. The normalized spacial score (nSPS) is 16.5. The molecule has 0 unspecified atom stereocenters. The highest BCUT2D eigenvalue weighted by atomic mass is 16.3. The number of rotatable bonds is 5. The molecular weight excluding hydrogens is 374 g/mol. The van der Waals surface area contributed by atoms with E-state index >= 15 is 0 Å². The van der Waals surface area contributed by atoms with E-state index in [-0.39, 0.29) is 6.10 Å². The molecule has 5 heteroatoms. The standard InChI is InChI=1S/C25H27N3O2/c1-17-5-2-3-6-18(17)15-20-7-4-14-28(20)21-10-13-23(25(26)30)24(16-21)27-19-8-11-22(29)12-9-19/h2-7,10,13-14,16,22,29H,8-9,11-12,15H2,1H3,(H2,26,30). The first kappa shape index (κ1) is 20.1. The number of aliphatic imine (C=N–C) groups is 1. The Kier molecular flexibility index (Phi) is 5.81. The lowest BCUT2D eigenvalue weighted by atomic mass is 9.95. The molecule has 5 nitrogen and oxygen atoms in total. The molecule has 1 aliphatic carbocycles. The van der Waals surface area contributed by atoms with Gasteiger partial charge in [0.1, 0.15) is 0 Å². The molecule has 1 saturated carbocycles. The number of aromatic nitrogens is 1. The predicted octanol–water partition coefficient (Wildman–Crippen LogP) is 4.48. The second-order valence-corrected chi connectivity index (χ2v) is 7.95. The monoisotopic (exact) mass is 401 g/mol. The molecule has 0 spiro atoms. The van der Waals surface area contributed by atoms with Crippen LogP contribution in [0.4, 0.5) is 5.69 Å². The Morgan fingerprint density at radius 1 is 1.13 bits per heavy atom. The van der Waals surface area contributed by atoms with Crippen LogP contribution in [-0.2, 0) is 6.42 Å². The summed E-state index contributed by atoms with van der Waals surface area (Å²) in [5.74, 6) is -0.482. The molecule has 1 heterocycles. The van der Waals surface area contributed by atoms with Crippen molar-refractivity contribution in [3.63, 3.8) is 0 Å². The fourth-order valence-electron chi connectivity index (χ4n) is 4.00. The molecule has 154 valence electrons. The smallest absolute Gasteiger partial charge is 0.250 e. The molecule has 0 radical (unpaired) electrons. The number of aliphatic hydroxyl groups excluding tert-OH is 1. The summed E-state index contributed by atoms with van der Waals surface area (Å²) in [6.07, 6.45) is 5.50. The van der Waals surface area contributed by atoms with Gasteiger partial charge in [-0.1, -0.05) is 24.3 Å². The van der Waals surface area contributed by atoms with Gasteiger partial charge in [0.15, 0.2) is 0 Å². The summed E-state index contributed by atoms with van der Waals surface area (Å²) in [6, 6.07) is 18.1. The van der Waals surface area contributed by atoms with E-state index in [2.05, 4.69) is 41.8 Å². The summed E-state index contributed by atoms with van der Waals surface area (Å²) in [7, 11) is 0. The molecule has 3 N–H and O–H groups in total. The minimum Gasteiger partial charge on any atom is -0.393 e. The van der Waals surface area contributed by atoms with Gasteiger partial charge in [0.25, 0.3) is 5.91 Å². The number of aliphatic hydroxyl groups is 1. The Morgan fingerprint density at radius 3 is 2.63 bits per heavy atom. The van der Waals surface area contributed by atoms with Crippen molar-refractivity contribution in [2.24, 2.45) is 10.7 Å². The van der Waals surface area contributed by atoms with Gasteiger partial charge in [0, 0.05) is 29.7 Å². The van der Waals surface area contributed by atoms with Gasteiger partial charge in [-0.2, -0.15) is 0 Å². The summed E-state index contributed by atoms with van der Waals surface area (Å²) in [6.45, 7) is 2.12. The largest absolute Gasteiger partial charge is 0.393 e. The number of benzene rings is 2. The molecule has 0 aliphatic heterocycles. The zero-order chi connectivity index (χ0) is 21.1. The molecule has 2 aromatic carbocycles.